The maximum Gasteiger partial charge on any atom is 0.240 e. The molecule has 1 aliphatic rings. The van der Waals surface area contributed by atoms with Crippen LogP contribution in [0.1, 0.15) is 12.8 Å². The standard InChI is InChI=1S/C12H17NO4S/c1-17-11-2-4-12(5-3-11)18(15,16)13-8-9-6-10(14)7-9/h2-5,9-10,13-14H,6-8H2,1H3. The van der Waals surface area contributed by atoms with Gasteiger partial charge in [-0.2, -0.15) is 0 Å². The van der Waals surface area contributed by atoms with Gasteiger partial charge in [0.05, 0.1) is 18.1 Å². The molecule has 0 atom stereocenters. The van der Waals surface area contributed by atoms with Gasteiger partial charge in [0.2, 0.25) is 10.0 Å². The van der Waals surface area contributed by atoms with E-state index in [1.165, 1.54) is 19.2 Å². The van der Waals surface area contributed by atoms with E-state index in [0.717, 1.165) is 0 Å². The van der Waals surface area contributed by atoms with Gasteiger partial charge < -0.3 is 9.84 Å². The van der Waals surface area contributed by atoms with Gasteiger partial charge in [-0.1, -0.05) is 0 Å². The average Bonchev–Trinajstić information content (AvgIpc) is 2.33. The molecule has 18 heavy (non-hydrogen) atoms. The highest BCUT2D eigenvalue weighted by atomic mass is 32.2. The molecule has 1 saturated carbocycles. The van der Waals surface area contributed by atoms with Crippen molar-refractivity contribution in [3.63, 3.8) is 0 Å². The molecule has 6 heteroatoms. The first-order valence-corrected chi connectivity index (χ1v) is 7.31. The van der Waals surface area contributed by atoms with Gasteiger partial charge >= 0.3 is 0 Å². The van der Waals surface area contributed by atoms with Gasteiger partial charge in [0, 0.05) is 6.54 Å². The summed E-state index contributed by atoms with van der Waals surface area (Å²) in [5.74, 6) is 0.865. The van der Waals surface area contributed by atoms with Gasteiger partial charge in [-0.25, -0.2) is 13.1 Å². The van der Waals surface area contributed by atoms with Crippen molar-refractivity contribution >= 4 is 10.0 Å². The maximum atomic E-state index is 11.9. The summed E-state index contributed by atoms with van der Waals surface area (Å²) in [6, 6.07) is 6.25. The molecule has 0 radical (unpaired) electrons. The lowest BCUT2D eigenvalue weighted by molar-refractivity contribution is 0.0453. The number of hydrogen-bond donors (Lipinski definition) is 2. The van der Waals surface area contributed by atoms with Crippen molar-refractivity contribution in [1.29, 1.82) is 0 Å². The normalized spacial score (nSPS) is 23.4. The van der Waals surface area contributed by atoms with Crippen LogP contribution in [0.4, 0.5) is 0 Å². The third kappa shape index (κ3) is 3.01. The summed E-state index contributed by atoms with van der Waals surface area (Å²) < 4.78 is 31.4. The minimum Gasteiger partial charge on any atom is -0.497 e. The van der Waals surface area contributed by atoms with E-state index in [-0.39, 0.29) is 16.9 Å². The molecular weight excluding hydrogens is 254 g/mol. The Morgan fingerprint density at radius 2 is 1.94 bits per heavy atom. The molecule has 5 nitrogen and oxygen atoms in total. The molecule has 100 valence electrons. The number of methoxy groups -OCH3 is 1. The predicted molar refractivity (Wildman–Crippen MR) is 66.9 cm³/mol. The Bertz CT molecular complexity index is 491. The van der Waals surface area contributed by atoms with Crippen LogP contribution in [0.25, 0.3) is 0 Å². The van der Waals surface area contributed by atoms with E-state index < -0.39 is 10.0 Å². The quantitative estimate of drug-likeness (QED) is 0.828. The zero-order chi connectivity index (χ0) is 13.2. The summed E-state index contributed by atoms with van der Waals surface area (Å²) in [5.41, 5.74) is 0. The lowest BCUT2D eigenvalue weighted by atomic mass is 9.83. The lowest BCUT2D eigenvalue weighted by Gasteiger charge is -2.31. The van der Waals surface area contributed by atoms with Crippen LogP contribution in [0.3, 0.4) is 0 Å². The van der Waals surface area contributed by atoms with Crippen molar-refractivity contribution in [3.8, 4) is 5.75 Å². The molecule has 2 rings (SSSR count). The van der Waals surface area contributed by atoms with Crippen molar-refractivity contribution in [2.45, 2.75) is 23.8 Å². The number of sulfonamides is 1. The Hall–Kier alpha value is -1.11. The second-order valence-corrected chi connectivity index (χ2v) is 6.29. The zero-order valence-corrected chi connectivity index (χ0v) is 11.0. The van der Waals surface area contributed by atoms with Crippen LogP contribution in [-0.4, -0.2) is 33.3 Å². The number of nitrogens with one attached hydrogen (secondary N) is 1. The Balaban J connectivity index is 1.96. The van der Waals surface area contributed by atoms with Gasteiger partial charge in [0.25, 0.3) is 0 Å². The molecule has 0 saturated heterocycles. The molecule has 1 aromatic carbocycles. The number of rotatable bonds is 5. The molecule has 2 N–H and O–H groups in total. The van der Waals surface area contributed by atoms with Crippen LogP contribution in [0.5, 0.6) is 5.75 Å². The zero-order valence-electron chi connectivity index (χ0n) is 10.2. The van der Waals surface area contributed by atoms with Gasteiger partial charge in [0.15, 0.2) is 0 Å². The van der Waals surface area contributed by atoms with Crippen LogP contribution in [0.2, 0.25) is 0 Å². The van der Waals surface area contributed by atoms with E-state index in [4.69, 9.17) is 9.84 Å². The highest BCUT2D eigenvalue weighted by Gasteiger charge is 2.28. The van der Waals surface area contributed by atoms with E-state index in [9.17, 15) is 8.42 Å². The summed E-state index contributed by atoms with van der Waals surface area (Å²) in [5, 5.41) is 9.13. The first-order valence-electron chi connectivity index (χ1n) is 5.83. The topological polar surface area (TPSA) is 75.6 Å². The first-order chi connectivity index (χ1) is 8.51. The van der Waals surface area contributed by atoms with Crippen molar-refractivity contribution < 1.29 is 18.3 Å². The summed E-state index contributed by atoms with van der Waals surface area (Å²) in [6.07, 6.45) is 1.08. The van der Waals surface area contributed by atoms with Gasteiger partial charge in [-0.3, -0.25) is 0 Å². The van der Waals surface area contributed by atoms with Gasteiger partial charge in [0.1, 0.15) is 5.75 Å². The third-order valence-electron chi connectivity index (χ3n) is 3.14. The molecule has 0 aliphatic heterocycles. The molecular formula is C12H17NO4S. The minimum atomic E-state index is -3.46. The fourth-order valence-electron chi connectivity index (χ4n) is 1.93. The van der Waals surface area contributed by atoms with Crippen LogP contribution in [0, 0.1) is 5.92 Å². The highest BCUT2D eigenvalue weighted by molar-refractivity contribution is 7.89. The van der Waals surface area contributed by atoms with Gasteiger partial charge in [-0.15, -0.1) is 0 Å². The SMILES string of the molecule is COc1ccc(S(=O)(=O)NCC2CC(O)C2)cc1. The number of hydrogen-bond acceptors (Lipinski definition) is 4. The summed E-state index contributed by atoms with van der Waals surface area (Å²) in [4.78, 5) is 0.225. The van der Waals surface area contributed by atoms with Crippen LogP contribution in [-0.2, 0) is 10.0 Å². The monoisotopic (exact) mass is 271 g/mol. The number of aliphatic hydroxyl groups excluding tert-OH is 1. The average molecular weight is 271 g/mol. The van der Waals surface area contributed by atoms with E-state index in [2.05, 4.69) is 4.72 Å². The summed E-state index contributed by atoms with van der Waals surface area (Å²) in [6.45, 7) is 0.380. The van der Waals surface area contributed by atoms with Crippen LogP contribution in [0.15, 0.2) is 29.2 Å². The highest BCUT2D eigenvalue weighted by Crippen LogP contribution is 2.26. The smallest absolute Gasteiger partial charge is 0.240 e. The molecule has 0 heterocycles. The van der Waals surface area contributed by atoms with E-state index in [0.29, 0.717) is 25.1 Å². The van der Waals surface area contributed by atoms with Crippen molar-refractivity contribution in [1.82, 2.24) is 4.72 Å². The first kappa shape index (κ1) is 13.3. The number of ether oxygens (including phenoxy) is 1. The molecule has 0 aromatic heterocycles. The lowest BCUT2D eigenvalue weighted by Crippen LogP contribution is -2.38. The fourth-order valence-corrected chi connectivity index (χ4v) is 3.05. The van der Waals surface area contributed by atoms with Crippen LogP contribution < -0.4 is 9.46 Å². The van der Waals surface area contributed by atoms with Crippen molar-refractivity contribution in [2.24, 2.45) is 5.92 Å². The largest absolute Gasteiger partial charge is 0.497 e. The number of benzene rings is 1. The summed E-state index contributed by atoms with van der Waals surface area (Å²) in [7, 11) is -1.93. The van der Waals surface area contributed by atoms with E-state index in [1.807, 2.05) is 0 Å². The second-order valence-electron chi connectivity index (χ2n) is 4.52. The molecule has 1 aliphatic carbocycles. The van der Waals surface area contributed by atoms with Gasteiger partial charge in [-0.05, 0) is 43.0 Å². The molecule has 1 aromatic rings. The Morgan fingerprint density at radius 1 is 1.33 bits per heavy atom. The van der Waals surface area contributed by atoms with E-state index in [1.54, 1.807) is 12.1 Å². The summed E-state index contributed by atoms with van der Waals surface area (Å²) >= 11 is 0. The molecule has 1 fully saturated rings. The Kier molecular flexibility index (Phi) is 3.89. The molecule has 0 amide bonds. The Labute approximate surface area is 107 Å². The minimum absolute atomic E-state index is 0.225. The van der Waals surface area contributed by atoms with E-state index >= 15 is 0 Å². The fraction of sp³-hybridized carbons (Fsp3) is 0.500. The van der Waals surface area contributed by atoms with Crippen molar-refractivity contribution in [3.05, 3.63) is 24.3 Å². The van der Waals surface area contributed by atoms with Crippen molar-refractivity contribution in [2.75, 3.05) is 13.7 Å². The Morgan fingerprint density at radius 3 is 2.44 bits per heavy atom. The third-order valence-corrected chi connectivity index (χ3v) is 4.58. The van der Waals surface area contributed by atoms with Crippen LogP contribution >= 0.6 is 0 Å². The molecule has 0 bridgehead atoms. The number of aliphatic hydroxyl groups is 1. The predicted octanol–water partition coefficient (Wildman–Crippen LogP) is 0.744. The molecule has 0 spiro atoms. The maximum absolute atomic E-state index is 11.9. The second kappa shape index (κ2) is 5.26. The molecule has 0 unspecified atom stereocenters.